The Morgan fingerprint density at radius 1 is 1.27 bits per heavy atom. The lowest BCUT2D eigenvalue weighted by Gasteiger charge is -2.23. The molecular weight excluding hydrogens is 340 g/mol. The van der Waals surface area contributed by atoms with Crippen molar-refractivity contribution in [3.05, 3.63) is 60.0 Å². The average Bonchev–Trinajstić information content (AvgIpc) is 2.65. The minimum absolute atomic E-state index is 0.578. The Morgan fingerprint density at radius 2 is 1.96 bits per heavy atom. The topological polar surface area (TPSA) is 33.6 Å². The molecule has 0 radical (unpaired) electrons. The van der Waals surface area contributed by atoms with Crippen LogP contribution in [0.25, 0.3) is 0 Å². The maximum atomic E-state index is 5.42. The predicted molar refractivity (Wildman–Crippen MR) is 117 cm³/mol. The van der Waals surface area contributed by atoms with Crippen molar-refractivity contribution in [2.75, 3.05) is 14.2 Å². The van der Waals surface area contributed by atoms with Crippen LogP contribution in [0.5, 0.6) is 0 Å². The van der Waals surface area contributed by atoms with Crippen LogP contribution >= 0.6 is 11.8 Å². The van der Waals surface area contributed by atoms with E-state index < -0.39 is 0 Å². The summed E-state index contributed by atoms with van der Waals surface area (Å²) in [4.78, 5) is 4.51. The van der Waals surface area contributed by atoms with Crippen LogP contribution in [0.3, 0.4) is 0 Å². The van der Waals surface area contributed by atoms with Gasteiger partial charge in [0, 0.05) is 25.1 Å². The van der Waals surface area contributed by atoms with E-state index in [9.17, 15) is 0 Å². The van der Waals surface area contributed by atoms with Gasteiger partial charge in [-0.2, -0.15) is 0 Å². The van der Waals surface area contributed by atoms with Crippen LogP contribution in [0.2, 0.25) is 0 Å². The SMILES string of the molecule is C=C/C(OC)=C(\C=C/CC)CC(=C)NC(=C)SC(=NC)C1CCCCC1. The first-order valence-electron chi connectivity index (χ1n) is 9.40. The highest BCUT2D eigenvalue weighted by molar-refractivity contribution is 8.17. The number of nitrogens with one attached hydrogen (secondary N) is 1. The smallest absolute Gasteiger partial charge is 0.121 e. The van der Waals surface area contributed by atoms with Crippen molar-refractivity contribution in [1.29, 1.82) is 0 Å². The Labute approximate surface area is 164 Å². The highest BCUT2D eigenvalue weighted by atomic mass is 32.2. The summed E-state index contributed by atoms with van der Waals surface area (Å²) >= 11 is 1.64. The highest BCUT2D eigenvalue weighted by Crippen LogP contribution is 2.31. The third-order valence-corrected chi connectivity index (χ3v) is 5.47. The van der Waals surface area contributed by atoms with Crippen molar-refractivity contribution in [3.63, 3.8) is 0 Å². The van der Waals surface area contributed by atoms with Crippen molar-refractivity contribution in [1.82, 2.24) is 5.32 Å². The third kappa shape index (κ3) is 7.69. The number of methoxy groups -OCH3 is 1. The molecule has 1 N–H and O–H groups in total. The Bertz CT molecular complexity index is 581. The van der Waals surface area contributed by atoms with Gasteiger partial charge in [-0.1, -0.05) is 69.8 Å². The van der Waals surface area contributed by atoms with Gasteiger partial charge in [0.1, 0.15) is 5.76 Å². The second-order valence-corrected chi connectivity index (χ2v) is 7.55. The summed E-state index contributed by atoms with van der Waals surface area (Å²) in [5.41, 5.74) is 1.94. The number of rotatable bonds is 10. The molecule has 0 heterocycles. The Morgan fingerprint density at radius 3 is 2.50 bits per heavy atom. The molecular formula is C22H34N2OS. The van der Waals surface area contributed by atoms with Gasteiger partial charge in [0.25, 0.3) is 0 Å². The molecule has 1 aliphatic carbocycles. The standard InChI is InChI=1S/C22H34N2OS/c1-7-9-13-20(21(8-2)25-6)16-17(3)24-18(4)26-22(23-5)19-14-11-10-12-15-19/h8-9,13,19,24H,2-4,7,10-12,14-16H2,1,5-6H3/b13-9-,21-20-,23-22?. The van der Waals surface area contributed by atoms with Crippen molar-refractivity contribution >= 4 is 16.8 Å². The Hall–Kier alpha value is -1.68. The highest BCUT2D eigenvalue weighted by Gasteiger charge is 2.20. The van der Waals surface area contributed by atoms with E-state index in [2.05, 4.69) is 49.1 Å². The zero-order chi connectivity index (χ0) is 19.4. The fraction of sp³-hybridized carbons (Fsp3) is 0.500. The largest absolute Gasteiger partial charge is 0.496 e. The van der Waals surface area contributed by atoms with Gasteiger partial charge in [0.15, 0.2) is 0 Å². The lowest BCUT2D eigenvalue weighted by molar-refractivity contribution is 0.303. The van der Waals surface area contributed by atoms with E-state index in [4.69, 9.17) is 4.74 Å². The van der Waals surface area contributed by atoms with Gasteiger partial charge in [-0.05, 0) is 30.9 Å². The molecule has 26 heavy (non-hydrogen) atoms. The zero-order valence-corrected chi connectivity index (χ0v) is 17.5. The van der Waals surface area contributed by atoms with Gasteiger partial charge in [-0.3, -0.25) is 4.99 Å². The quantitative estimate of drug-likeness (QED) is 0.209. The summed E-state index contributed by atoms with van der Waals surface area (Å²) < 4.78 is 5.42. The third-order valence-electron chi connectivity index (χ3n) is 4.40. The van der Waals surface area contributed by atoms with Gasteiger partial charge in [-0.15, -0.1) is 0 Å². The molecule has 0 saturated heterocycles. The summed E-state index contributed by atoms with van der Waals surface area (Å²) in [6, 6.07) is 0. The van der Waals surface area contributed by atoms with Crippen molar-refractivity contribution in [2.24, 2.45) is 10.9 Å². The lowest BCUT2D eigenvalue weighted by atomic mass is 9.90. The molecule has 1 fully saturated rings. The maximum Gasteiger partial charge on any atom is 0.121 e. The van der Waals surface area contributed by atoms with Crippen LogP contribution in [0.4, 0.5) is 0 Å². The second-order valence-electron chi connectivity index (χ2n) is 6.44. The van der Waals surface area contributed by atoms with Gasteiger partial charge in [0.05, 0.1) is 17.2 Å². The average molecular weight is 375 g/mol. The molecule has 0 aromatic carbocycles. The molecule has 0 atom stereocenters. The van der Waals surface area contributed by atoms with Gasteiger partial charge >= 0.3 is 0 Å². The summed E-state index contributed by atoms with van der Waals surface area (Å²) in [5, 5.41) is 5.38. The van der Waals surface area contributed by atoms with E-state index in [1.165, 1.54) is 37.1 Å². The van der Waals surface area contributed by atoms with Crippen molar-refractivity contribution < 1.29 is 4.74 Å². The summed E-state index contributed by atoms with van der Waals surface area (Å²) in [6.45, 7) is 14.2. The van der Waals surface area contributed by atoms with Crippen LogP contribution in [0.15, 0.2) is 65.0 Å². The van der Waals surface area contributed by atoms with E-state index in [1.807, 2.05) is 7.05 Å². The van der Waals surface area contributed by atoms with E-state index in [1.54, 1.807) is 24.9 Å². The molecule has 4 heteroatoms. The fourth-order valence-electron chi connectivity index (χ4n) is 3.12. The minimum atomic E-state index is 0.578. The van der Waals surface area contributed by atoms with Crippen molar-refractivity contribution in [3.8, 4) is 0 Å². The molecule has 3 nitrogen and oxygen atoms in total. The number of thioether (sulfide) groups is 1. The molecule has 1 saturated carbocycles. The van der Waals surface area contributed by atoms with Gasteiger partial charge < -0.3 is 10.1 Å². The molecule has 1 aliphatic rings. The minimum Gasteiger partial charge on any atom is -0.496 e. The molecule has 1 rings (SSSR count). The van der Waals surface area contributed by atoms with Crippen LogP contribution in [-0.4, -0.2) is 19.2 Å². The van der Waals surface area contributed by atoms with Crippen molar-refractivity contribution in [2.45, 2.75) is 51.9 Å². The second kappa shape index (κ2) is 12.6. The number of nitrogens with zero attached hydrogens (tertiary/aromatic N) is 1. The summed E-state index contributed by atoms with van der Waals surface area (Å²) in [6.07, 6.45) is 14.0. The molecule has 0 aliphatic heterocycles. The summed E-state index contributed by atoms with van der Waals surface area (Å²) in [5.74, 6) is 1.35. The zero-order valence-electron chi connectivity index (χ0n) is 16.6. The van der Waals surface area contributed by atoms with Crippen LogP contribution in [-0.2, 0) is 4.74 Å². The summed E-state index contributed by atoms with van der Waals surface area (Å²) in [7, 11) is 3.54. The van der Waals surface area contributed by atoms with Crippen LogP contribution in [0.1, 0.15) is 51.9 Å². The number of hydrogen-bond donors (Lipinski definition) is 1. The lowest BCUT2D eigenvalue weighted by Crippen LogP contribution is -2.18. The first-order valence-corrected chi connectivity index (χ1v) is 10.2. The molecule has 0 aromatic heterocycles. The van der Waals surface area contributed by atoms with E-state index >= 15 is 0 Å². The first kappa shape index (κ1) is 22.4. The van der Waals surface area contributed by atoms with E-state index in [0.29, 0.717) is 12.3 Å². The molecule has 0 aromatic rings. The maximum absolute atomic E-state index is 5.42. The van der Waals surface area contributed by atoms with Crippen LogP contribution in [0, 0.1) is 5.92 Å². The van der Waals surface area contributed by atoms with Crippen LogP contribution < -0.4 is 5.32 Å². The molecule has 144 valence electrons. The normalized spacial score (nSPS) is 17.0. The Balaban J connectivity index is 2.66. The number of allylic oxidation sites excluding steroid dienone is 4. The Kier molecular flexibility index (Phi) is 10.9. The number of hydrogen-bond acceptors (Lipinski definition) is 4. The number of aliphatic imine (C=N–C) groups is 1. The van der Waals surface area contributed by atoms with Gasteiger partial charge in [-0.25, -0.2) is 0 Å². The van der Waals surface area contributed by atoms with E-state index in [0.717, 1.165) is 28.5 Å². The molecule has 0 bridgehead atoms. The number of ether oxygens (including phenoxy) is 1. The predicted octanol–water partition coefficient (Wildman–Crippen LogP) is 6.35. The molecule has 0 unspecified atom stereocenters. The first-order chi connectivity index (χ1) is 12.5. The monoisotopic (exact) mass is 374 g/mol. The molecule has 0 spiro atoms. The van der Waals surface area contributed by atoms with Gasteiger partial charge in [0.2, 0.25) is 0 Å². The van der Waals surface area contributed by atoms with E-state index in [-0.39, 0.29) is 0 Å². The molecule has 0 amide bonds. The fourth-order valence-corrected chi connectivity index (χ4v) is 4.06.